The second-order valence-corrected chi connectivity index (χ2v) is 5.85. The minimum Gasteiger partial charge on any atom is -0.375 e. The quantitative estimate of drug-likeness (QED) is 0.512. The van der Waals surface area contributed by atoms with E-state index in [9.17, 15) is 20.2 Å². The van der Waals surface area contributed by atoms with E-state index in [-0.39, 0.29) is 16.8 Å². The number of anilines is 1. The van der Waals surface area contributed by atoms with E-state index in [1.165, 1.54) is 12.1 Å². The second kappa shape index (κ2) is 7.18. The van der Waals surface area contributed by atoms with Crippen molar-refractivity contribution in [2.24, 2.45) is 10.5 Å². The van der Waals surface area contributed by atoms with E-state index in [1.54, 1.807) is 0 Å². The molecule has 0 aliphatic carbocycles. The fraction of sp³-hybridized carbons (Fsp3) is 0.400. The number of benzene rings is 1. The van der Waals surface area contributed by atoms with Crippen molar-refractivity contribution in [3.8, 4) is 0 Å². The molecule has 0 radical (unpaired) electrons. The van der Waals surface area contributed by atoms with Crippen molar-refractivity contribution >= 4 is 22.8 Å². The standard InChI is InChI=1S/C15H18N4O5/c1-15(2)7-3-4-8-24-10-14(15)17-16-12-6-5-11(18(20)21)9-13(12)19(22)23/h3,5-7,9,16H,4,8,10H2,1-2H3/b7-3-,17-14+. The summed E-state index contributed by atoms with van der Waals surface area (Å²) in [5, 5.41) is 26.1. The van der Waals surface area contributed by atoms with E-state index in [2.05, 4.69) is 10.5 Å². The van der Waals surface area contributed by atoms with Gasteiger partial charge in [-0.3, -0.25) is 25.7 Å². The van der Waals surface area contributed by atoms with Crippen LogP contribution in [0.15, 0.2) is 35.5 Å². The predicted octanol–water partition coefficient (Wildman–Crippen LogP) is 3.27. The number of nitro groups is 2. The topological polar surface area (TPSA) is 120 Å². The van der Waals surface area contributed by atoms with Gasteiger partial charge < -0.3 is 4.74 Å². The van der Waals surface area contributed by atoms with Gasteiger partial charge in [-0.2, -0.15) is 5.10 Å². The molecule has 1 aromatic carbocycles. The molecule has 1 heterocycles. The van der Waals surface area contributed by atoms with E-state index < -0.39 is 15.5 Å². The molecule has 1 aliphatic rings. The summed E-state index contributed by atoms with van der Waals surface area (Å²) in [6.45, 7) is 4.79. The Morgan fingerprint density at radius 1 is 1.25 bits per heavy atom. The number of non-ortho nitro benzene ring substituents is 1. The minimum atomic E-state index is -0.685. The van der Waals surface area contributed by atoms with E-state index in [0.29, 0.717) is 18.9 Å². The summed E-state index contributed by atoms with van der Waals surface area (Å²) in [7, 11) is 0. The zero-order chi connectivity index (χ0) is 17.7. The Morgan fingerprint density at radius 2 is 2.00 bits per heavy atom. The van der Waals surface area contributed by atoms with E-state index in [4.69, 9.17) is 4.74 Å². The molecule has 2 rings (SSSR count). The Balaban J connectivity index is 2.32. The van der Waals surface area contributed by atoms with Crippen LogP contribution in [0.1, 0.15) is 20.3 Å². The van der Waals surface area contributed by atoms with Crippen LogP contribution >= 0.6 is 0 Å². The average Bonchev–Trinajstić information content (AvgIpc) is 2.51. The first-order valence-electron chi connectivity index (χ1n) is 7.32. The number of hydrogen-bond donors (Lipinski definition) is 1. The van der Waals surface area contributed by atoms with E-state index >= 15 is 0 Å². The molecule has 128 valence electrons. The second-order valence-electron chi connectivity index (χ2n) is 5.85. The van der Waals surface area contributed by atoms with Crippen LogP contribution in [0.3, 0.4) is 0 Å². The highest BCUT2D eigenvalue weighted by Gasteiger charge is 2.24. The Kier molecular flexibility index (Phi) is 5.24. The van der Waals surface area contributed by atoms with Crippen LogP contribution < -0.4 is 5.43 Å². The van der Waals surface area contributed by atoms with Crippen LogP contribution in [0.4, 0.5) is 17.1 Å². The molecule has 9 nitrogen and oxygen atoms in total. The Hall–Kier alpha value is -2.81. The molecular weight excluding hydrogens is 316 g/mol. The lowest BCUT2D eigenvalue weighted by molar-refractivity contribution is -0.393. The van der Waals surface area contributed by atoms with E-state index in [0.717, 1.165) is 12.5 Å². The SMILES string of the molecule is CC1(C)/C=C\CCOC/C1=N\Nc1ccc([N+](=O)[O-])cc1[N+](=O)[O-]. The fourth-order valence-corrected chi connectivity index (χ4v) is 2.16. The van der Waals surface area contributed by atoms with Gasteiger partial charge in [-0.05, 0) is 12.5 Å². The predicted molar refractivity (Wildman–Crippen MR) is 89.2 cm³/mol. The van der Waals surface area contributed by atoms with Crippen LogP contribution in [0.5, 0.6) is 0 Å². The lowest BCUT2D eigenvalue weighted by atomic mass is 9.86. The first kappa shape index (κ1) is 17.5. The molecular formula is C15H18N4O5. The molecule has 0 aromatic heterocycles. The molecule has 0 atom stereocenters. The number of hydrazone groups is 1. The van der Waals surface area contributed by atoms with Crippen LogP contribution in [-0.4, -0.2) is 28.8 Å². The number of ether oxygens (including phenoxy) is 1. The number of nitrogens with zero attached hydrogens (tertiary/aromatic N) is 3. The lowest BCUT2D eigenvalue weighted by Gasteiger charge is -2.24. The number of rotatable bonds is 4. The first-order valence-corrected chi connectivity index (χ1v) is 7.32. The first-order chi connectivity index (χ1) is 11.3. The van der Waals surface area contributed by atoms with Crippen LogP contribution in [-0.2, 0) is 4.74 Å². The Labute approximate surface area is 138 Å². The third-order valence-corrected chi connectivity index (χ3v) is 3.65. The number of nitrogens with one attached hydrogen (secondary N) is 1. The molecule has 9 heteroatoms. The summed E-state index contributed by atoms with van der Waals surface area (Å²) in [4.78, 5) is 20.5. The third kappa shape index (κ3) is 4.13. The Bertz CT molecular complexity index is 712. The van der Waals surface area contributed by atoms with Gasteiger partial charge in [-0.25, -0.2) is 0 Å². The third-order valence-electron chi connectivity index (χ3n) is 3.65. The summed E-state index contributed by atoms with van der Waals surface area (Å²) in [5.74, 6) is 0. The molecule has 0 bridgehead atoms. The van der Waals surface area contributed by atoms with Gasteiger partial charge in [0.1, 0.15) is 5.69 Å². The summed E-state index contributed by atoms with van der Waals surface area (Å²) >= 11 is 0. The molecule has 0 saturated carbocycles. The van der Waals surface area contributed by atoms with Crippen molar-refractivity contribution in [2.45, 2.75) is 20.3 Å². The molecule has 24 heavy (non-hydrogen) atoms. The molecule has 1 N–H and O–H groups in total. The van der Waals surface area contributed by atoms with Crippen molar-refractivity contribution in [2.75, 3.05) is 18.6 Å². The maximum absolute atomic E-state index is 11.1. The molecule has 0 saturated heterocycles. The zero-order valence-corrected chi connectivity index (χ0v) is 13.4. The highest BCUT2D eigenvalue weighted by molar-refractivity contribution is 5.93. The van der Waals surface area contributed by atoms with Crippen molar-refractivity contribution in [3.63, 3.8) is 0 Å². The Morgan fingerprint density at radius 3 is 2.67 bits per heavy atom. The van der Waals surface area contributed by atoms with Gasteiger partial charge in [0, 0.05) is 11.5 Å². The maximum atomic E-state index is 11.1. The largest absolute Gasteiger partial charge is 0.375 e. The summed E-state index contributed by atoms with van der Waals surface area (Å²) in [6, 6.07) is 3.37. The minimum absolute atomic E-state index is 0.0833. The fourth-order valence-electron chi connectivity index (χ4n) is 2.16. The molecule has 0 unspecified atom stereocenters. The van der Waals surface area contributed by atoms with Crippen molar-refractivity contribution < 1.29 is 14.6 Å². The molecule has 0 fully saturated rings. The smallest absolute Gasteiger partial charge is 0.301 e. The van der Waals surface area contributed by atoms with Gasteiger partial charge in [0.15, 0.2) is 0 Å². The van der Waals surface area contributed by atoms with Gasteiger partial charge in [-0.1, -0.05) is 26.0 Å². The maximum Gasteiger partial charge on any atom is 0.301 e. The van der Waals surface area contributed by atoms with Gasteiger partial charge in [0.25, 0.3) is 5.69 Å². The number of allylic oxidation sites excluding steroid dienone is 1. The van der Waals surface area contributed by atoms with Crippen LogP contribution in [0, 0.1) is 25.6 Å². The van der Waals surface area contributed by atoms with Crippen molar-refractivity contribution in [1.82, 2.24) is 0 Å². The van der Waals surface area contributed by atoms with Gasteiger partial charge in [0.2, 0.25) is 0 Å². The van der Waals surface area contributed by atoms with Gasteiger partial charge in [-0.15, -0.1) is 0 Å². The van der Waals surface area contributed by atoms with Crippen molar-refractivity contribution in [3.05, 3.63) is 50.6 Å². The highest BCUT2D eigenvalue weighted by Crippen LogP contribution is 2.29. The zero-order valence-electron chi connectivity index (χ0n) is 13.4. The monoisotopic (exact) mass is 334 g/mol. The highest BCUT2D eigenvalue weighted by atomic mass is 16.6. The normalized spacial score (nSPS) is 20.0. The lowest BCUT2D eigenvalue weighted by Crippen LogP contribution is -2.29. The van der Waals surface area contributed by atoms with Crippen LogP contribution in [0.2, 0.25) is 0 Å². The van der Waals surface area contributed by atoms with Gasteiger partial charge >= 0.3 is 5.69 Å². The molecule has 1 aliphatic heterocycles. The average molecular weight is 334 g/mol. The van der Waals surface area contributed by atoms with Crippen molar-refractivity contribution in [1.29, 1.82) is 0 Å². The van der Waals surface area contributed by atoms with Gasteiger partial charge in [0.05, 0.1) is 34.8 Å². The summed E-state index contributed by atoms with van der Waals surface area (Å²) in [6.07, 6.45) is 4.83. The molecule has 0 amide bonds. The van der Waals surface area contributed by atoms with Crippen LogP contribution in [0.25, 0.3) is 0 Å². The molecule has 0 spiro atoms. The van der Waals surface area contributed by atoms with E-state index in [1.807, 2.05) is 26.0 Å². The summed E-state index contributed by atoms with van der Waals surface area (Å²) in [5.41, 5.74) is 2.27. The summed E-state index contributed by atoms with van der Waals surface area (Å²) < 4.78 is 5.49. The number of hydrogen-bond acceptors (Lipinski definition) is 7. The molecule has 1 aromatic rings. The number of nitro benzene ring substituents is 2.